The van der Waals surface area contributed by atoms with Gasteiger partial charge in [0.05, 0.1) is 0 Å². The van der Waals surface area contributed by atoms with E-state index in [4.69, 9.17) is 11.6 Å². The van der Waals surface area contributed by atoms with E-state index in [0.717, 1.165) is 6.54 Å². The van der Waals surface area contributed by atoms with E-state index in [1.165, 1.54) is 16.8 Å². The summed E-state index contributed by atoms with van der Waals surface area (Å²) in [5.41, 5.74) is 3.77. The van der Waals surface area contributed by atoms with Gasteiger partial charge in [0.1, 0.15) is 0 Å². The quantitative estimate of drug-likeness (QED) is 0.673. The van der Waals surface area contributed by atoms with Crippen LogP contribution in [0.4, 0.5) is 5.69 Å². The van der Waals surface area contributed by atoms with Crippen molar-refractivity contribution in [2.45, 2.75) is 19.7 Å². The fraction of sp³-hybridized carbons (Fsp3) is 0.455. The van der Waals surface area contributed by atoms with E-state index in [0.29, 0.717) is 5.88 Å². The molecule has 0 spiro atoms. The van der Waals surface area contributed by atoms with Crippen molar-refractivity contribution >= 4 is 17.3 Å². The van der Waals surface area contributed by atoms with Gasteiger partial charge in [-0.3, -0.25) is 0 Å². The van der Waals surface area contributed by atoms with Crippen molar-refractivity contribution in [3.63, 3.8) is 0 Å². The van der Waals surface area contributed by atoms with Gasteiger partial charge in [0, 0.05) is 25.2 Å². The third-order valence-electron chi connectivity index (χ3n) is 2.30. The van der Waals surface area contributed by atoms with Gasteiger partial charge in [-0.15, -0.1) is 11.6 Å². The molecule has 72 valence electrons. The molecular weight excluding hydrogens is 182 g/mol. The summed E-state index contributed by atoms with van der Waals surface area (Å²) in [5.74, 6) is 0.594. The Morgan fingerprint density at radius 1 is 1.38 bits per heavy atom. The minimum absolute atomic E-state index is 0.594. The Kier molecular flexibility index (Phi) is 3.61. The first-order valence-corrected chi connectivity index (χ1v) is 5.09. The first-order chi connectivity index (χ1) is 6.19. The highest BCUT2D eigenvalue weighted by Crippen LogP contribution is 2.20. The van der Waals surface area contributed by atoms with Crippen LogP contribution < -0.4 is 4.90 Å². The number of hydrogen-bond donors (Lipinski definition) is 0. The fourth-order valence-corrected chi connectivity index (χ4v) is 1.57. The van der Waals surface area contributed by atoms with Gasteiger partial charge in [0.15, 0.2) is 0 Å². The number of anilines is 1. The van der Waals surface area contributed by atoms with Gasteiger partial charge in [-0.05, 0) is 31.0 Å². The van der Waals surface area contributed by atoms with E-state index in [9.17, 15) is 0 Å². The maximum Gasteiger partial charge on any atom is 0.0474 e. The number of hydrogen-bond acceptors (Lipinski definition) is 1. The van der Waals surface area contributed by atoms with Crippen molar-refractivity contribution in [1.29, 1.82) is 0 Å². The first-order valence-electron chi connectivity index (χ1n) is 4.55. The monoisotopic (exact) mass is 197 g/mol. The van der Waals surface area contributed by atoms with Crippen LogP contribution in [0.2, 0.25) is 0 Å². The highest BCUT2D eigenvalue weighted by molar-refractivity contribution is 6.17. The van der Waals surface area contributed by atoms with Crippen LogP contribution in [0.1, 0.15) is 18.1 Å². The normalized spacial score (nSPS) is 10.2. The average Bonchev–Trinajstić information content (AvgIpc) is 2.16. The van der Waals surface area contributed by atoms with Crippen molar-refractivity contribution in [3.05, 3.63) is 29.3 Å². The fourth-order valence-electron chi connectivity index (χ4n) is 1.40. The minimum atomic E-state index is 0.594. The molecule has 1 rings (SSSR count). The summed E-state index contributed by atoms with van der Waals surface area (Å²) < 4.78 is 0. The third-order valence-corrected chi connectivity index (χ3v) is 2.61. The molecule has 0 fully saturated rings. The smallest absolute Gasteiger partial charge is 0.0474 e. The number of rotatable bonds is 3. The highest BCUT2D eigenvalue weighted by Gasteiger charge is 2.02. The molecule has 0 aliphatic carbocycles. The second kappa shape index (κ2) is 4.52. The molecular formula is C11H16ClN. The van der Waals surface area contributed by atoms with E-state index in [1.54, 1.807) is 0 Å². The molecule has 0 amide bonds. The Morgan fingerprint density at radius 3 is 2.54 bits per heavy atom. The van der Waals surface area contributed by atoms with Crippen LogP contribution in [0.25, 0.3) is 0 Å². The Bertz CT molecular complexity index is 283. The Balaban J connectivity index is 2.98. The largest absolute Gasteiger partial charge is 0.375 e. The predicted molar refractivity (Wildman–Crippen MR) is 59.7 cm³/mol. The van der Waals surface area contributed by atoms with Crippen molar-refractivity contribution in [1.82, 2.24) is 0 Å². The average molecular weight is 198 g/mol. The minimum Gasteiger partial charge on any atom is -0.375 e. The Morgan fingerprint density at radius 2 is 2.08 bits per heavy atom. The maximum atomic E-state index is 5.75. The highest BCUT2D eigenvalue weighted by atomic mass is 35.5. The van der Waals surface area contributed by atoms with Gasteiger partial charge in [0.25, 0.3) is 0 Å². The number of benzene rings is 1. The Labute approximate surface area is 85.3 Å². The number of nitrogens with zero attached hydrogens (tertiary/aromatic N) is 1. The van der Waals surface area contributed by atoms with Crippen molar-refractivity contribution in [2.24, 2.45) is 0 Å². The number of halogens is 1. The first kappa shape index (κ1) is 10.4. The van der Waals surface area contributed by atoms with Crippen molar-refractivity contribution in [3.8, 4) is 0 Å². The molecule has 0 bridgehead atoms. The molecule has 1 aromatic carbocycles. The lowest BCUT2D eigenvalue weighted by Crippen LogP contribution is -2.16. The SMILES string of the molecule is CCN(C)c1ccc(CCl)cc1C. The molecule has 0 atom stereocenters. The van der Waals surface area contributed by atoms with E-state index < -0.39 is 0 Å². The zero-order valence-electron chi connectivity index (χ0n) is 8.47. The standard InChI is InChI=1S/C11H16ClN/c1-4-13(3)11-6-5-10(8-12)7-9(11)2/h5-7H,4,8H2,1-3H3. The van der Waals surface area contributed by atoms with E-state index >= 15 is 0 Å². The van der Waals surface area contributed by atoms with E-state index in [1.807, 2.05) is 0 Å². The van der Waals surface area contributed by atoms with Gasteiger partial charge >= 0.3 is 0 Å². The molecule has 0 aliphatic rings. The number of aryl methyl sites for hydroxylation is 1. The maximum absolute atomic E-state index is 5.75. The second-order valence-corrected chi connectivity index (χ2v) is 3.54. The van der Waals surface area contributed by atoms with Crippen LogP contribution in [0, 0.1) is 6.92 Å². The lowest BCUT2D eigenvalue weighted by atomic mass is 10.1. The van der Waals surface area contributed by atoms with Gasteiger partial charge in [-0.1, -0.05) is 12.1 Å². The van der Waals surface area contributed by atoms with Crippen molar-refractivity contribution < 1.29 is 0 Å². The number of alkyl halides is 1. The van der Waals surface area contributed by atoms with Crippen LogP contribution in [0.5, 0.6) is 0 Å². The van der Waals surface area contributed by atoms with E-state index in [2.05, 4.69) is 44.0 Å². The lowest BCUT2D eigenvalue weighted by molar-refractivity contribution is 0.960. The van der Waals surface area contributed by atoms with Crippen molar-refractivity contribution in [2.75, 3.05) is 18.5 Å². The predicted octanol–water partition coefficient (Wildman–Crippen LogP) is 3.19. The molecule has 2 heteroatoms. The molecule has 0 radical (unpaired) electrons. The summed E-state index contributed by atoms with van der Waals surface area (Å²) in [6.07, 6.45) is 0. The van der Waals surface area contributed by atoms with Crippen LogP contribution in [0.3, 0.4) is 0 Å². The van der Waals surface area contributed by atoms with Gasteiger partial charge < -0.3 is 4.90 Å². The van der Waals surface area contributed by atoms with E-state index in [-0.39, 0.29) is 0 Å². The zero-order chi connectivity index (χ0) is 9.84. The molecule has 0 unspecified atom stereocenters. The molecule has 0 N–H and O–H groups in total. The molecule has 0 heterocycles. The topological polar surface area (TPSA) is 3.24 Å². The summed E-state index contributed by atoms with van der Waals surface area (Å²) in [5, 5.41) is 0. The third kappa shape index (κ3) is 2.38. The summed E-state index contributed by atoms with van der Waals surface area (Å²) in [7, 11) is 2.10. The summed E-state index contributed by atoms with van der Waals surface area (Å²) in [4.78, 5) is 2.23. The zero-order valence-corrected chi connectivity index (χ0v) is 9.23. The van der Waals surface area contributed by atoms with Gasteiger partial charge in [0.2, 0.25) is 0 Å². The lowest BCUT2D eigenvalue weighted by Gasteiger charge is -2.19. The molecule has 0 saturated heterocycles. The molecule has 1 aromatic rings. The van der Waals surface area contributed by atoms with Gasteiger partial charge in [-0.2, -0.15) is 0 Å². The molecule has 0 aromatic heterocycles. The van der Waals surface area contributed by atoms with Crippen LogP contribution in [0.15, 0.2) is 18.2 Å². The Hall–Kier alpha value is -0.690. The summed E-state index contributed by atoms with van der Waals surface area (Å²) in [6.45, 7) is 5.30. The molecule has 0 saturated carbocycles. The summed E-state index contributed by atoms with van der Waals surface area (Å²) >= 11 is 5.75. The van der Waals surface area contributed by atoms with Crippen LogP contribution >= 0.6 is 11.6 Å². The van der Waals surface area contributed by atoms with Crippen LogP contribution in [-0.4, -0.2) is 13.6 Å². The van der Waals surface area contributed by atoms with Crippen LogP contribution in [-0.2, 0) is 5.88 Å². The molecule has 1 nitrogen and oxygen atoms in total. The second-order valence-electron chi connectivity index (χ2n) is 3.27. The molecule has 0 aliphatic heterocycles. The molecule has 13 heavy (non-hydrogen) atoms. The summed E-state index contributed by atoms with van der Waals surface area (Å²) in [6, 6.07) is 6.37. The van der Waals surface area contributed by atoms with Gasteiger partial charge in [-0.25, -0.2) is 0 Å².